The molecule has 0 amide bonds. The summed E-state index contributed by atoms with van der Waals surface area (Å²) < 4.78 is 0. The van der Waals surface area contributed by atoms with Crippen LogP contribution in [0.15, 0.2) is 0 Å². The van der Waals surface area contributed by atoms with Gasteiger partial charge in [-0.3, -0.25) is 0 Å². The van der Waals surface area contributed by atoms with Crippen LogP contribution in [-0.2, 0) is 4.79 Å². The first kappa shape index (κ1) is 16.7. The molecule has 1 nitrogen and oxygen atoms in total. The number of hydrogen-bond donors (Lipinski definition) is 0. The van der Waals surface area contributed by atoms with E-state index in [1.54, 1.807) is 0 Å². The van der Waals surface area contributed by atoms with Crippen molar-refractivity contribution in [2.75, 3.05) is 0 Å². The summed E-state index contributed by atoms with van der Waals surface area (Å²) in [5, 5.41) is 0. The van der Waals surface area contributed by atoms with Gasteiger partial charge < -0.3 is 6.22 Å². The molecule has 0 saturated heterocycles. The Kier molecular flexibility index (Phi) is 18.7. The van der Waals surface area contributed by atoms with Crippen LogP contribution in [0.5, 0.6) is 0 Å². The van der Waals surface area contributed by atoms with Gasteiger partial charge in [-0.1, -0.05) is 58.3 Å². The second-order valence-electron chi connectivity index (χ2n) is 3.78. The fraction of sp³-hybridized carbons (Fsp3) is 0.917. The first-order valence-corrected chi connectivity index (χ1v) is 5.85. The van der Waals surface area contributed by atoms with Crippen LogP contribution in [0.2, 0.25) is 0 Å². The van der Waals surface area contributed by atoms with Gasteiger partial charge in [0.2, 0.25) is 0 Å². The van der Waals surface area contributed by atoms with Crippen molar-refractivity contribution in [2.24, 2.45) is 0 Å². The second-order valence-corrected chi connectivity index (χ2v) is 3.78. The second kappa shape index (κ2) is 15.7. The molecule has 80 valence electrons. The topological polar surface area (TPSA) is 17.1 Å². The van der Waals surface area contributed by atoms with Crippen LogP contribution in [0.3, 0.4) is 0 Å². The van der Waals surface area contributed by atoms with E-state index in [4.69, 9.17) is 0 Å². The molecule has 0 aliphatic heterocycles. The summed E-state index contributed by atoms with van der Waals surface area (Å²) >= 11 is 0. The summed E-state index contributed by atoms with van der Waals surface area (Å²) in [6.07, 6.45) is 13.7. The van der Waals surface area contributed by atoms with Gasteiger partial charge in [0.25, 0.3) is 0 Å². The molecule has 0 bridgehead atoms. The Morgan fingerprint density at radius 2 is 1.29 bits per heavy atom. The molecule has 2 heteroatoms. The molecule has 0 heterocycles. The molecule has 0 aromatic heterocycles. The number of carbonyl (C=O) groups excluding carboxylic acids is 1. The molecule has 0 aliphatic rings. The predicted molar refractivity (Wildman–Crippen MR) is 59.0 cm³/mol. The number of unbranched alkanes of at least 4 members (excludes halogenated alkanes) is 9. The van der Waals surface area contributed by atoms with Gasteiger partial charge in [-0.25, -0.2) is 0 Å². The van der Waals surface area contributed by atoms with Crippen LogP contribution in [0.4, 0.5) is 0 Å². The Morgan fingerprint density at radius 1 is 0.857 bits per heavy atom. The summed E-state index contributed by atoms with van der Waals surface area (Å²) in [4.78, 5) is 10.0. The van der Waals surface area contributed by atoms with E-state index in [1.165, 1.54) is 51.4 Å². The van der Waals surface area contributed by atoms with Crippen LogP contribution in [0.1, 0.15) is 72.6 Å². The smallest absolute Gasteiger partial charge is 1.00 e. The minimum atomic E-state index is 0. The molecular weight excluding hydrogens is 167 g/mol. The molecule has 0 aromatic carbocycles. The molecule has 14 heavy (non-hydrogen) atoms. The average Bonchev–Trinajstić information content (AvgIpc) is 2.16. The molecule has 0 aromatic rings. The van der Waals surface area contributed by atoms with Crippen LogP contribution in [-0.4, -0.2) is 6.29 Å². The van der Waals surface area contributed by atoms with E-state index in [0.29, 0.717) is 0 Å². The minimum Gasteiger partial charge on any atom is -1.00 e. The third-order valence-electron chi connectivity index (χ3n) is 2.43. The molecule has 0 unspecified atom stereocenters. The third-order valence-corrected chi connectivity index (χ3v) is 2.43. The fourth-order valence-corrected chi connectivity index (χ4v) is 1.54. The fourth-order valence-electron chi connectivity index (χ4n) is 1.54. The van der Waals surface area contributed by atoms with Crippen LogP contribution in [0.25, 0.3) is 0 Å². The van der Waals surface area contributed by atoms with Crippen molar-refractivity contribution in [1.29, 1.82) is 0 Å². The maximum absolute atomic E-state index is 10.0. The van der Waals surface area contributed by atoms with Gasteiger partial charge >= 0.3 is 18.9 Å². The van der Waals surface area contributed by atoms with Gasteiger partial charge in [-0.15, -0.1) is 0 Å². The molecule has 0 spiro atoms. The van der Waals surface area contributed by atoms with Crippen molar-refractivity contribution < 1.29 is 25.1 Å². The van der Waals surface area contributed by atoms with Crippen LogP contribution in [0, 0.1) is 0 Å². The molecular formula is C12H25LiO. The van der Waals surface area contributed by atoms with E-state index in [0.717, 1.165) is 19.1 Å². The van der Waals surface area contributed by atoms with E-state index in [1.807, 2.05) is 0 Å². The van der Waals surface area contributed by atoms with Crippen molar-refractivity contribution in [3.8, 4) is 0 Å². The van der Waals surface area contributed by atoms with Gasteiger partial charge in [0.05, 0.1) is 0 Å². The summed E-state index contributed by atoms with van der Waals surface area (Å²) in [5.74, 6) is 0. The number of carbonyl (C=O) groups is 1. The van der Waals surface area contributed by atoms with Crippen molar-refractivity contribution in [1.82, 2.24) is 0 Å². The molecule has 0 N–H and O–H groups in total. The Hall–Kier alpha value is 0.267. The summed E-state index contributed by atoms with van der Waals surface area (Å²) in [6.45, 7) is 2.25. The minimum absolute atomic E-state index is 0. The van der Waals surface area contributed by atoms with Gasteiger partial charge in [0, 0.05) is 6.42 Å². The zero-order valence-corrected chi connectivity index (χ0v) is 10.1. The molecule has 0 aliphatic carbocycles. The van der Waals surface area contributed by atoms with Gasteiger partial charge in [-0.2, -0.15) is 0 Å². The van der Waals surface area contributed by atoms with Crippen molar-refractivity contribution >= 4 is 6.29 Å². The van der Waals surface area contributed by atoms with Gasteiger partial charge in [0.15, 0.2) is 0 Å². The molecule has 0 rings (SSSR count). The van der Waals surface area contributed by atoms with E-state index in [9.17, 15) is 4.79 Å². The van der Waals surface area contributed by atoms with Crippen molar-refractivity contribution in [3.05, 3.63) is 0 Å². The largest absolute Gasteiger partial charge is 1.00 e. The zero-order valence-electron chi connectivity index (χ0n) is 11.1. The Labute approximate surface area is 103 Å². The van der Waals surface area contributed by atoms with E-state index in [2.05, 4.69) is 6.92 Å². The van der Waals surface area contributed by atoms with Crippen LogP contribution < -0.4 is 18.9 Å². The molecule has 0 atom stereocenters. The number of rotatable bonds is 10. The molecule has 0 fully saturated rings. The quantitative estimate of drug-likeness (QED) is 0.289. The Bertz CT molecular complexity index is 110. The van der Waals surface area contributed by atoms with E-state index >= 15 is 0 Å². The predicted octanol–water partition coefficient (Wildman–Crippen LogP) is 1.22. The standard InChI is InChI=1S/C12H24O.Li.H/c1-2-3-4-5-6-7-8-9-10-11-12-13;;/h12H,2-11H2,1H3;;/q;+1;-1. The maximum atomic E-state index is 10.0. The summed E-state index contributed by atoms with van der Waals surface area (Å²) in [6, 6.07) is 0. The summed E-state index contributed by atoms with van der Waals surface area (Å²) in [5.41, 5.74) is 0. The molecule has 0 saturated carbocycles. The third kappa shape index (κ3) is 14.8. The van der Waals surface area contributed by atoms with Crippen molar-refractivity contribution in [3.63, 3.8) is 0 Å². The van der Waals surface area contributed by atoms with Crippen LogP contribution >= 0.6 is 0 Å². The van der Waals surface area contributed by atoms with Crippen molar-refractivity contribution in [2.45, 2.75) is 71.1 Å². The normalized spacial score (nSPS) is 9.50. The maximum Gasteiger partial charge on any atom is 1.00 e. The first-order valence-electron chi connectivity index (χ1n) is 5.85. The molecule has 0 radical (unpaired) electrons. The average molecular weight is 192 g/mol. The number of hydrogen-bond acceptors (Lipinski definition) is 1. The monoisotopic (exact) mass is 192 g/mol. The van der Waals surface area contributed by atoms with Gasteiger partial charge in [0.1, 0.15) is 6.29 Å². The van der Waals surface area contributed by atoms with E-state index < -0.39 is 0 Å². The van der Waals surface area contributed by atoms with Gasteiger partial charge in [-0.05, 0) is 6.42 Å². The number of aldehydes is 1. The van der Waals surface area contributed by atoms with E-state index in [-0.39, 0.29) is 20.3 Å². The first-order chi connectivity index (χ1) is 6.41. The summed E-state index contributed by atoms with van der Waals surface area (Å²) in [7, 11) is 0. The SMILES string of the molecule is CCCCCCCCCCCC=O.[H-].[Li+]. The zero-order chi connectivity index (χ0) is 9.78. The Balaban J connectivity index is -0.000000720. The Morgan fingerprint density at radius 3 is 1.71 bits per heavy atom.